The molecule has 0 amide bonds. The number of H-pyrrole nitrogens is 3. The van der Waals surface area contributed by atoms with E-state index in [-0.39, 0.29) is 0 Å². The van der Waals surface area contributed by atoms with Crippen LogP contribution in [0.25, 0.3) is 0 Å². The van der Waals surface area contributed by atoms with Crippen LogP contribution in [0, 0.1) is 0 Å². The van der Waals surface area contributed by atoms with Gasteiger partial charge in [-0.15, -0.1) is 11.3 Å². The number of rotatable bonds is 10. The van der Waals surface area contributed by atoms with Gasteiger partial charge in [0.1, 0.15) is 23.7 Å². The van der Waals surface area contributed by atoms with Crippen molar-refractivity contribution in [3.05, 3.63) is 74.9 Å². The molecule has 0 unspecified atom stereocenters. The third-order valence-electron chi connectivity index (χ3n) is 8.20. The quantitative estimate of drug-likeness (QED) is 0.127. The van der Waals surface area contributed by atoms with E-state index in [1.54, 1.807) is 17.6 Å². The van der Waals surface area contributed by atoms with E-state index in [0.29, 0.717) is 59.2 Å². The minimum atomic E-state index is 0.391. The van der Waals surface area contributed by atoms with Crippen LogP contribution in [0.5, 0.6) is 0 Å². The van der Waals surface area contributed by atoms with Crippen LogP contribution < -0.4 is 0 Å². The van der Waals surface area contributed by atoms with Crippen LogP contribution >= 0.6 is 11.3 Å². The van der Waals surface area contributed by atoms with Crippen LogP contribution in [0.15, 0.2) is 22.3 Å². The first-order chi connectivity index (χ1) is 25.5. The molecule has 0 aliphatic heterocycles. The van der Waals surface area contributed by atoms with Crippen molar-refractivity contribution in [2.75, 3.05) is 0 Å². The Morgan fingerprint density at radius 3 is 1.16 bits per heavy atom. The molecule has 5 heterocycles. The van der Waals surface area contributed by atoms with Crippen molar-refractivity contribution < 1.29 is 4.42 Å². The Bertz CT molecular complexity index is 1310. The lowest BCUT2D eigenvalue weighted by molar-refractivity contribution is 0.470. The highest BCUT2D eigenvalue weighted by Crippen LogP contribution is 2.23. The average molecular weight is 781 g/mol. The van der Waals surface area contributed by atoms with Crippen LogP contribution in [0.4, 0.5) is 0 Å². The highest BCUT2D eigenvalue weighted by Gasteiger charge is 2.11. The topological polar surface area (TPSA) is 151 Å². The summed E-state index contributed by atoms with van der Waals surface area (Å²) in [6.07, 6.45) is 3.68. The highest BCUT2D eigenvalue weighted by atomic mass is 32.1. The van der Waals surface area contributed by atoms with Crippen molar-refractivity contribution in [2.24, 2.45) is 0 Å². The molecule has 12 heteroatoms. The minimum Gasteiger partial charge on any atom is -0.448 e. The Labute approximate surface area is 337 Å². The summed E-state index contributed by atoms with van der Waals surface area (Å²) in [6, 6.07) is 0. The molecular weight excluding hydrogens is 705 g/mol. The molecule has 0 fully saturated rings. The van der Waals surface area contributed by atoms with Crippen LogP contribution in [-0.4, -0.2) is 50.3 Å². The molecule has 5 rings (SSSR count). The van der Waals surface area contributed by atoms with Gasteiger partial charge in [-0.2, -0.15) is 10.2 Å². The SMILES string of the molecule is CC(C)c1cnc(C(C)C)[nH]1.CC(C)c1coc(C(C)C)n1.CC(C)c1csc(C(C)C)n1.CC(C)c1n[nH]c(C(C)C)n1.CC(C)c1n[nH]c(C(C)C)n1. The van der Waals surface area contributed by atoms with Gasteiger partial charge >= 0.3 is 0 Å². The molecule has 55 heavy (non-hydrogen) atoms. The maximum atomic E-state index is 5.28. The Morgan fingerprint density at radius 1 is 0.473 bits per heavy atom. The van der Waals surface area contributed by atoms with E-state index in [4.69, 9.17) is 4.42 Å². The molecular formula is C43H76N10OS. The van der Waals surface area contributed by atoms with Gasteiger partial charge in [0.25, 0.3) is 0 Å². The first-order valence-corrected chi connectivity index (χ1v) is 21.2. The number of aromatic amines is 3. The second kappa shape index (κ2) is 24.1. The molecule has 310 valence electrons. The van der Waals surface area contributed by atoms with Crippen molar-refractivity contribution in [1.82, 2.24) is 50.3 Å². The van der Waals surface area contributed by atoms with Gasteiger partial charge in [0.05, 0.1) is 16.4 Å². The second-order valence-corrected chi connectivity index (χ2v) is 18.0. The summed E-state index contributed by atoms with van der Waals surface area (Å²) < 4.78 is 5.28. The molecule has 0 saturated heterocycles. The summed E-state index contributed by atoms with van der Waals surface area (Å²) in [7, 11) is 0. The Balaban J connectivity index is 0.000000344. The summed E-state index contributed by atoms with van der Waals surface area (Å²) in [4.78, 5) is 25.1. The zero-order valence-corrected chi connectivity index (χ0v) is 38.8. The molecule has 0 radical (unpaired) electrons. The molecule has 0 aliphatic carbocycles. The summed E-state index contributed by atoms with van der Waals surface area (Å²) in [6.45, 7) is 42.5. The van der Waals surface area contributed by atoms with Gasteiger partial charge in [-0.3, -0.25) is 10.2 Å². The standard InChI is InChI=1S/C9H16N2.C9H15NO.C9H15NS.2C8H15N3/c1-6(2)8-5-10-9(11-8)7(3)4;2*1-6(2)8-5-11-9(10-8)7(3)4;2*1-5(2)7-9-8(6(3)4)11-10-7/h5-7H,1-4H3,(H,10,11);2*5-7H,1-4H3;2*5-6H,1-4H3,(H,9,10,11). The van der Waals surface area contributed by atoms with E-state index >= 15 is 0 Å². The van der Waals surface area contributed by atoms with Crippen molar-refractivity contribution in [1.29, 1.82) is 0 Å². The minimum absolute atomic E-state index is 0.391. The van der Waals surface area contributed by atoms with Crippen molar-refractivity contribution in [2.45, 2.75) is 198 Å². The molecule has 11 nitrogen and oxygen atoms in total. The molecule has 0 aromatic carbocycles. The van der Waals surface area contributed by atoms with Crippen molar-refractivity contribution >= 4 is 11.3 Å². The van der Waals surface area contributed by atoms with E-state index < -0.39 is 0 Å². The second-order valence-electron chi connectivity index (χ2n) is 17.1. The van der Waals surface area contributed by atoms with Gasteiger partial charge in [0.15, 0.2) is 17.5 Å². The maximum absolute atomic E-state index is 5.28. The van der Waals surface area contributed by atoms with Gasteiger partial charge in [-0.05, 0) is 17.8 Å². The van der Waals surface area contributed by atoms with E-state index in [1.807, 2.05) is 6.20 Å². The summed E-state index contributed by atoms with van der Waals surface area (Å²) in [5.41, 5.74) is 3.51. The van der Waals surface area contributed by atoms with Crippen LogP contribution in [0.3, 0.4) is 0 Å². The number of nitrogens with zero attached hydrogens (tertiary/aromatic N) is 7. The smallest absolute Gasteiger partial charge is 0.196 e. The first-order valence-electron chi connectivity index (χ1n) is 20.3. The molecule has 0 bridgehead atoms. The Morgan fingerprint density at radius 2 is 0.945 bits per heavy atom. The zero-order chi connectivity index (χ0) is 42.2. The molecule has 5 aromatic rings. The van der Waals surface area contributed by atoms with E-state index in [1.165, 1.54) is 16.4 Å². The summed E-state index contributed by atoms with van der Waals surface area (Å²) >= 11 is 1.77. The van der Waals surface area contributed by atoms with Gasteiger partial charge in [-0.1, -0.05) is 138 Å². The summed E-state index contributed by atoms with van der Waals surface area (Å²) in [5, 5.41) is 17.5. The van der Waals surface area contributed by atoms with Crippen LogP contribution in [0.1, 0.15) is 255 Å². The largest absolute Gasteiger partial charge is 0.448 e. The number of oxazole rings is 1. The third-order valence-corrected chi connectivity index (χ3v) is 9.36. The van der Waals surface area contributed by atoms with E-state index in [2.05, 4.69) is 194 Å². The average Bonchev–Trinajstić information content (AvgIpc) is 3.95. The van der Waals surface area contributed by atoms with Gasteiger partial charge in [0, 0.05) is 58.7 Å². The van der Waals surface area contributed by atoms with E-state index in [0.717, 1.165) is 40.7 Å². The van der Waals surface area contributed by atoms with Crippen LogP contribution in [-0.2, 0) is 0 Å². The third kappa shape index (κ3) is 17.8. The lowest BCUT2D eigenvalue weighted by Gasteiger charge is -2.00. The predicted octanol–water partition coefficient (Wildman–Crippen LogP) is 13.1. The first kappa shape index (κ1) is 49.3. The fourth-order valence-corrected chi connectivity index (χ4v) is 5.21. The normalized spacial score (nSPS) is 11.5. The molecule has 0 atom stereocenters. The number of thiazole rings is 1. The van der Waals surface area contributed by atoms with Gasteiger partial charge in [0.2, 0.25) is 0 Å². The Hall–Kier alpha value is -3.67. The number of nitrogens with one attached hydrogen (secondary N) is 3. The lowest BCUT2D eigenvalue weighted by Crippen LogP contribution is -1.92. The number of aromatic nitrogens is 10. The monoisotopic (exact) mass is 781 g/mol. The fourth-order valence-electron chi connectivity index (χ4n) is 4.21. The molecule has 3 N–H and O–H groups in total. The van der Waals surface area contributed by atoms with Crippen LogP contribution in [0.2, 0.25) is 0 Å². The van der Waals surface area contributed by atoms with Gasteiger partial charge in [-0.25, -0.2) is 24.9 Å². The molecule has 0 spiro atoms. The maximum Gasteiger partial charge on any atom is 0.196 e. The number of hydrogen-bond donors (Lipinski definition) is 3. The molecule has 0 aliphatic rings. The lowest BCUT2D eigenvalue weighted by atomic mass is 10.1. The fraction of sp³-hybridized carbons (Fsp3) is 0.698. The number of imidazole rings is 1. The van der Waals surface area contributed by atoms with E-state index in [9.17, 15) is 0 Å². The van der Waals surface area contributed by atoms with Crippen molar-refractivity contribution in [3.63, 3.8) is 0 Å². The highest BCUT2D eigenvalue weighted by molar-refractivity contribution is 7.09. The van der Waals surface area contributed by atoms with Crippen molar-refractivity contribution in [3.8, 4) is 0 Å². The molecule has 5 aromatic heterocycles. The predicted molar refractivity (Wildman–Crippen MR) is 231 cm³/mol. The Kier molecular flexibility index (Phi) is 21.6. The zero-order valence-electron chi connectivity index (χ0n) is 38.0. The van der Waals surface area contributed by atoms with Gasteiger partial charge < -0.3 is 9.40 Å². The molecule has 0 saturated carbocycles. The summed E-state index contributed by atoms with van der Waals surface area (Å²) in [5.74, 6) is 10.5. The number of hydrogen-bond acceptors (Lipinski definition) is 9.